The monoisotopic (exact) mass is 286 g/mol. The third kappa shape index (κ3) is 4.83. The van der Waals surface area contributed by atoms with Gasteiger partial charge in [0.25, 0.3) is 6.43 Å². The van der Waals surface area contributed by atoms with Crippen molar-refractivity contribution in [3.8, 4) is 11.5 Å². The smallest absolute Gasteiger partial charge is 0.359 e. The van der Waals surface area contributed by atoms with Crippen molar-refractivity contribution in [2.24, 2.45) is 0 Å². The number of methoxy groups -OCH3 is 1. The van der Waals surface area contributed by atoms with Gasteiger partial charge in [0, 0.05) is 6.20 Å². The van der Waals surface area contributed by atoms with E-state index in [1.54, 1.807) is 0 Å². The molecule has 0 atom stereocenters. The Balaban J connectivity index is 3.15. The lowest BCUT2D eigenvalue weighted by Gasteiger charge is -2.02. The second-order valence-corrected chi connectivity index (χ2v) is 9.75. The van der Waals surface area contributed by atoms with Crippen molar-refractivity contribution < 1.29 is 18.3 Å². The summed E-state index contributed by atoms with van der Waals surface area (Å²) < 4.78 is 30.2. The zero-order valence-electron chi connectivity index (χ0n) is 11.3. The van der Waals surface area contributed by atoms with Crippen molar-refractivity contribution in [3.05, 3.63) is 17.5 Å². The van der Waals surface area contributed by atoms with Crippen LogP contribution in [0.3, 0.4) is 0 Å². The number of hydrogen-bond acceptors (Lipinski definition) is 3. The highest BCUT2D eigenvalue weighted by Crippen LogP contribution is 2.10. The first-order valence-electron chi connectivity index (χ1n) is 5.70. The number of alkyl halides is 2. The van der Waals surface area contributed by atoms with Gasteiger partial charge in [-0.1, -0.05) is 25.6 Å². The molecule has 0 amide bonds. The summed E-state index contributed by atoms with van der Waals surface area (Å²) in [6.45, 7) is 5.56. The highest BCUT2D eigenvalue weighted by atomic mass is 28.3. The lowest BCUT2D eigenvalue weighted by atomic mass is 10.2. The minimum Gasteiger partial charge on any atom is -0.464 e. The van der Waals surface area contributed by atoms with Crippen molar-refractivity contribution in [1.82, 2.24) is 9.78 Å². The maximum atomic E-state index is 12.3. The normalized spacial score (nSPS) is 11.1. The van der Waals surface area contributed by atoms with Crippen LogP contribution in [0.5, 0.6) is 0 Å². The fourth-order valence-corrected chi connectivity index (χ4v) is 1.76. The Morgan fingerprint density at radius 3 is 2.63 bits per heavy atom. The van der Waals surface area contributed by atoms with Gasteiger partial charge in [-0.3, -0.25) is 4.68 Å². The Bertz CT molecular complexity index is 524. The Morgan fingerprint density at radius 2 is 2.16 bits per heavy atom. The summed E-state index contributed by atoms with van der Waals surface area (Å²) in [5.41, 5.74) is 3.37. The van der Waals surface area contributed by atoms with Gasteiger partial charge < -0.3 is 4.74 Å². The van der Waals surface area contributed by atoms with E-state index in [1.807, 2.05) is 19.6 Å². The number of esters is 1. The fourth-order valence-electron chi connectivity index (χ4n) is 1.25. The third-order valence-electron chi connectivity index (χ3n) is 2.04. The van der Waals surface area contributed by atoms with Gasteiger partial charge >= 0.3 is 5.97 Å². The first-order chi connectivity index (χ1) is 8.73. The zero-order chi connectivity index (χ0) is 14.6. The average molecular weight is 286 g/mol. The molecule has 1 rings (SSSR count). The minimum absolute atomic E-state index is 0.0195. The molecule has 19 heavy (non-hydrogen) atoms. The van der Waals surface area contributed by atoms with Gasteiger partial charge in [0.05, 0.1) is 12.7 Å². The van der Waals surface area contributed by atoms with Gasteiger partial charge in [0.15, 0.2) is 5.69 Å². The first kappa shape index (κ1) is 15.4. The van der Waals surface area contributed by atoms with Crippen molar-refractivity contribution in [1.29, 1.82) is 0 Å². The van der Waals surface area contributed by atoms with Gasteiger partial charge in [0.1, 0.15) is 14.6 Å². The van der Waals surface area contributed by atoms with E-state index < -0.39 is 27.0 Å². The van der Waals surface area contributed by atoms with Crippen molar-refractivity contribution >= 4 is 14.0 Å². The van der Waals surface area contributed by atoms with Crippen molar-refractivity contribution in [2.75, 3.05) is 7.11 Å². The number of halogens is 2. The van der Waals surface area contributed by atoms with Crippen LogP contribution in [0.1, 0.15) is 16.1 Å². The Labute approximate surface area is 111 Å². The van der Waals surface area contributed by atoms with Gasteiger partial charge in [-0.2, -0.15) is 5.10 Å². The average Bonchev–Trinajstić information content (AvgIpc) is 2.66. The molecule has 0 aliphatic rings. The third-order valence-corrected chi connectivity index (χ3v) is 2.91. The molecule has 0 aromatic carbocycles. The van der Waals surface area contributed by atoms with Gasteiger partial charge in [-0.25, -0.2) is 13.6 Å². The van der Waals surface area contributed by atoms with E-state index in [0.717, 1.165) is 4.68 Å². The summed E-state index contributed by atoms with van der Waals surface area (Å²) in [6.07, 6.45) is -1.19. The summed E-state index contributed by atoms with van der Waals surface area (Å²) in [4.78, 5) is 11.5. The lowest BCUT2D eigenvalue weighted by Crippen LogP contribution is -2.16. The molecule has 0 aliphatic heterocycles. The number of aromatic nitrogens is 2. The van der Waals surface area contributed by atoms with Crippen LogP contribution in [0.4, 0.5) is 8.78 Å². The molecule has 0 unspecified atom stereocenters. The molecule has 0 bridgehead atoms. The summed E-state index contributed by atoms with van der Waals surface area (Å²) >= 11 is 0. The minimum atomic E-state index is -2.54. The van der Waals surface area contributed by atoms with Crippen LogP contribution in [-0.2, 0) is 11.3 Å². The molecule has 0 N–H and O–H groups in total. The quantitative estimate of drug-likeness (QED) is 0.486. The molecule has 7 heteroatoms. The van der Waals surface area contributed by atoms with Crippen LogP contribution in [0.2, 0.25) is 19.6 Å². The van der Waals surface area contributed by atoms with Crippen LogP contribution in [-0.4, -0.2) is 37.4 Å². The van der Waals surface area contributed by atoms with E-state index in [4.69, 9.17) is 0 Å². The summed E-state index contributed by atoms with van der Waals surface area (Å²) in [5, 5.41) is 3.80. The number of rotatable bonds is 3. The second-order valence-electron chi connectivity index (χ2n) is 5.00. The fraction of sp³-hybridized carbons (Fsp3) is 0.500. The number of carbonyl (C=O) groups is 1. The van der Waals surface area contributed by atoms with Gasteiger partial charge in [-0.05, 0) is 0 Å². The van der Waals surface area contributed by atoms with E-state index in [-0.39, 0.29) is 5.69 Å². The molecule has 0 spiro atoms. The molecule has 0 radical (unpaired) electrons. The lowest BCUT2D eigenvalue weighted by molar-refractivity contribution is 0.0590. The molecule has 0 fully saturated rings. The van der Waals surface area contributed by atoms with Crippen LogP contribution in [0.25, 0.3) is 0 Å². The zero-order valence-corrected chi connectivity index (χ0v) is 12.3. The van der Waals surface area contributed by atoms with E-state index in [2.05, 4.69) is 21.3 Å². The second kappa shape index (κ2) is 5.97. The van der Waals surface area contributed by atoms with Crippen LogP contribution < -0.4 is 0 Å². The topological polar surface area (TPSA) is 44.1 Å². The molecule has 0 saturated heterocycles. The SMILES string of the molecule is COC(=O)c1nn(CC(F)F)cc1C#C[Si](C)(C)C. The highest BCUT2D eigenvalue weighted by molar-refractivity contribution is 6.83. The van der Waals surface area contributed by atoms with Crippen molar-refractivity contribution in [3.63, 3.8) is 0 Å². The molecular formula is C12H16F2N2O2Si. The summed E-state index contributed by atoms with van der Waals surface area (Å²) in [5.74, 6) is 2.17. The number of nitrogens with zero attached hydrogens (tertiary/aromatic N) is 2. The maximum absolute atomic E-state index is 12.3. The van der Waals surface area contributed by atoms with Gasteiger partial charge in [-0.15, -0.1) is 5.54 Å². The number of carbonyl (C=O) groups excluding carboxylic acids is 1. The van der Waals surface area contributed by atoms with Crippen LogP contribution >= 0.6 is 0 Å². The standard InChI is InChI=1S/C12H16F2N2O2Si/c1-18-12(17)11-9(5-6-19(2,3)4)7-16(15-11)8-10(13)14/h7,10H,8H2,1-4H3. The first-order valence-corrected chi connectivity index (χ1v) is 9.20. The molecule has 104 valence electrons. The van der Waals surface area contributed by atoms with Crippen LogP contribution in [0, 0.1) is 11.5 Å². The largest absolute Gasteiger partial charge is 0.464 e. The van der Waals surface area contributed by atoms with Crippen molar-refractivity contribution in [2.45, 2.75) is 32.6 Å². The van der Waals surface area contributed by atoms with Gasteiger partial charge in [0.2, 0.25) is 0 Å². The molecule has 1 aromatic rings. The number of hydrogen-bond donors (Lipinski definition) is 0. The van der Waals surface area contributed by atoms with Crippen LogP contribution in [0.15, 0.2) is 6.20 Å². The molecule has 0 aliphatic carbocycles. The van der Waals surface area contributed by atoms with E-state index in [9.17, 15) is 13.6 Å². The predicted octanol–water partition coefficient (Wildman–Crippen LogP) is 2.16. The molecular weight excluding hydrogens is 270 g/mol. The molecule has 1 heterocycles. The summed E-state index contributed by atoms with van der Waals surface area (Å²) in [6, 6.07) is 0. The van der Waals surface area contributed by atoms with E-state index in [1.165, 1.54) is 13.3 Å². The Kier molecular flexibility index (Phi) is 4.83. The van der Waals surface area contributed by atoms with E-state index in [0.29, 0.717) is 5.56 Å². The molecule has 4 nitrogen and oxygen atoms in total. The summed E-state index contributed by atoms with van der Waals surface area (Å²) in [7, 11) is -0.417. The molecule has 1 aromatic heterocycles. The Hall–Kier alpha value is -1.68. The highest BCUT2D eigenvalue weighted by Gasteiger charge is 2.18. The number of ether oxygens (including phenoxy) is 1. The Morgan fingerprint density at radius 1 is 1.53 bits per heavy atom. The van der Waals surface area contributed by atoms with E-state index >= 15 is 0 Å². The maximum Gasteiger partial charge on any atom is 0.359 e. The predicted molar refractivity (Wildman–Crippen MR) is 69.8 cm³/mol. The molecule has 0 saturated carbocycles.